The van der Waals surface area contributed by atoms with Crippen LogP contribution >= 0.6 is 11.6 Å². The third-order valence-electron chi connectivity index (χ3n) is 7.10. The van der Waals surface area contributed by atoms with Crippen molar-refractivity contribution in [2.45, 2.75) is 58.0 Å². The summed E-state index contributed by atoms with van der Waals surface area (Å²) in [4.78, 5) is 33.8. The molecule has 35 heavy (non-hydrogen) atoms. The molecule has 1 N–H and O–H groups in total. The summed E-state index contributed by atoms with van der Waals surface area (Å²) in [6.45, 7) is 7.28. The number of fused-ring (bicyclic) bond motifs is 1. The fraction of sp³-hybridized carbons (Fsp3) is 0.464. The molecule has 1 saturated heterocycles. The van der Waals surface area contributed by atoms with Gasteiger partial charge in [-0.15, -0.1) is 0 Å². The molecule has 5 rings (SSSR count). The normalized spacial score (nSPS) is 20.3. The average Bonchev–Trinajstić information content (AvgIpc) is 3.59. The van der Waals surface area contributed by atoms with Crippen LogP contribution in [0.2, 0.25) is 5.02 Å². The smallest absolute Gasteiger partial charge is 0.262 e. The second kappa shape index (κ2) is 10.1. The molecule has 0 bridgehead atoms. The van der Waals surface area contributed by atoms with Gasteiger partial charge in [0.1, 0.15) is 12.4 Å². The van der Waals surface area contributed by atoms with Crippen LogP contribution in [0.5, 0.6) is 0 Å². The third-order valence-corrected chi connectivity index (χ3v) is 7.34. The molecule has 1 saturated carbocycles. The third kappa shape index (κ3) is 5.44. The monoisotopic (exact) mass is 492 g/mol. The summed E-state index contributed by atoms with van der Waals surface area (Å²) in [6, 6.07) is 13.3. The van der Waals surface area contributed by atoms with Gasteiger partial charge in [-0.25, -0.2) is 4.98 Å². The minimum Gasteiger partial charge on any atom is -0.352 e. The van der Waals surface area contributed by atoms with Crippen LogP contribution in [0.3, 0.4) is 0 Å². The molecule has 0 radical (unpaired) electrons. The zero-order valence-corrected chi connectivity index (χ0v) is 21.2. The van der Waals surface area contributed by atoms with Gasteiger partial charge >= 0.3 is 0 Å². The standard InChI is InChI=1S/C28H33ClN4O2/c1-18(2)30-26(34)17-33-27(20-7-6-8-22(29)13-20)31-25-10-9-19(14-24(25)28(33)35)23-15-21(23)16-32-11-4-3-5-12-32/h6-10,13-14,18,21,23H,3-5,11-12,15-17H2,1-2H3,(H,30,34). The molecular weight excluding hydrogens is 460 g/mol. The molecule has 184 valence electrons. The maximum atomic E-state index is 13.7. The Morgan fingerprint density at radius 1 is 1.14 bits per heavy atom. The van der Waals surface area contributed by atoms with Crippen LogP contribution in [0.4, 0.5) is 0 Å². The van der Waals surface area contributed by atoms with Crippen molar-refractivity contribution in [3.05, 3.63) is 63.4 Å². The molecule has 1 amide bonds. The summed E-state index contributed by atoms with van der Waals surface area (Å²) in [7, 11) is 0. The first-order valence-corrected chi connectivity index (χ1v) is 13.1. The molecule has 1 aliphatic heterocycles. The minimum absolute atomic E-state index is 0.0143. The lowest BCUT2D eigenvalue weighted by Gasteiger charge is -2.26. The Hall–Kier alpha value is -2.70. The molecule has 0 spiro atoms. The van der Waals surface area contributed by atoms with Crippen molar-refractivity contribution in [2.24, 2.45) is 5.92 Å². The maximum absolute atomic E-state index is 13.7. The predicted octanol–water partition coefficient (Wildman–Crippen LogP) is 4.83. The van der Waals surface area contributed by atoms with Crippen molar-refractivity contribution < 1.29 is 4.79 Å². The van der Waals surface area contributed by atoms with Crippen LogP contribution in [0.25, 0.3) is 22.3 Å². The number of carbonyl (C=O) groups is 1. The molecular formula is C28H33ClN4O2. The number of likely N-dealkylation sites (tertiary alicyclic amines) is 1. The highest BCUT2D eigenvalue weighted by atomic mass is 35.5. The van der Waals surface area contributed by atoms with Crippen molar-refractivity contribution in [3.8, 4) is 11.4 Å². The molecule has 2 unspecified atom stereocenters. The number of hydrogen-bond acceptors (Lipinski definition) is 4. The Balaban J connectivity index is 1.49. The van der Waals surface area contributed by atoms with Gasteiger partial charge in [-0.3, -0.25) is 14.2 Å². The van der Waals surface area contributed by atoms with Crippen LogP contribution in [0, 0.1) is 5.92 Å². The maximum Gasteiger partial charge on any atom is 0.262 e. The van der Waals surface area contributed by atoms with Crippen molar-refractivity contribution in [1.82, 2.24) is 19.8 Å². The topological polar surface area (TPSA) is 67.2 Å². The van der Waals surface area contributed by atoms with Gasteiger partial charge in [0.2, 0.25) is 5.91 Å². The van der Waals surface area contributed by atoms with E-state index in [0.29, 0.717) is 39.1 Å². The van der Waals surface area contributed by atoms with E-state index in [2.05, 4.69) is 16.3 Å². The highest BCUT2D eigenvalue weighted by Crippen LogP contribution is 2.48. The molecule has 7 heteroatoms. The number of aromatic nitrogens is 2. The van der Waals surface area contributed by atoms with Crippen molar-refractivity contribution in [3.63, 3.8) is 0 Å². The van der Waals surface area contributed by atoms with E-state index in [1.807, 2.05) is 38.1 Å². The number of carbonyl (C=O) groups excluding carboxylic acids is 1. The van der Waals surface area contributed by atoms with Gasteiger partial charge in [0.15, 0.2) is 0 Å². The largest absolute Gasteiger partial charge is 0.352 e. The van der Waals surface area contributed by atoms with Crippen LogP contribution < -0.4 is 10.9 Å². The molecule has 2 fully saturated rings. The number of nitrogens with one attached hydrogen (secondary N) is 1. The zero-order valence-electron chi connectivity index (χ0n) is 20.5. The number of nitrogens with zero attached hydrogens (tertiary/aromatic N) is 3. The van der Waals surface area contributed by atoms with E-state index in [4.69, 9.17) is 16.6 Å². The number of amides is 1. The van der Waals surface area contributed by atoms with E-state index >= 15 is 0 Å². The number of rotatable bonds is 7. The van der Waals surface area contributed by atoms with Gasteiger partial charge in [0, 0.05) is 23.2 Å². The lowest BCUT2D eigenvalue weighted by atomic mass is 10.1. The fourth-order valence-corrected chi connectivity index (χ4v) is 5.50. The summed E-state index contributed by atoms with van der Waals surface area (Å²) in [6.07, 6.45) is 5.12. The number of benzene rings is 2. The number of halogens is 1. The molecule has 6 nitrogen and oxygen atoms in total. The van der Waals surface area contributed by atoms with E-state index < -0.39 is 0 Å². The van der Waals surface area contributed by atoms with Crippen molar-refractivity contribution in [1.29, 1.82) is 0 Å². The zero-order chi connectivity index (χ0) is 24.5. The van der Waals surface area contributed by atoms with Gasteiger partial charge < -0.3 is 10.2 Å². The van der Waals surface area contributed by atoms with E-state index in [0.717, 1.165) is 6.54 Å². The number of piperidine rings is 1. The van der Waals surface area contributed by atoms with Gasteiger partial charge in [-0.05, 0) is 87.9 Å². The predicted molar refractivity (Wildman–Crippen MR) is 141 cm³/mol. The quantitative estimate of drug-likeness (QED) is 0.513. The van der Waals surface area contributed by atoms with Crippen LogP contribution in [0.15, 0.2) is 47.3 Å². The Kier molecular flexibility index (Phi) is 6.94. The first-order valence-electron chi connectivity index (χ1n) is 12.7. The summed E-state index contributed by atoms with van der Waals surface area (Å²) in [5.74, 6) is 1.38. The minimum atomic E-state index is -0.216. The van der Waals surface area contributed by atoms with Crippen LogP contribution in [0.1, 0.15) is 51.0 Å². The summed E-state index contributed by atoms with van der Waals surface area (Å²) < 4.78 is 1.48. The van der Waals surface area contributed by atoms with E-state index in [-0.39, 0.29) is 24.1 Å². The van der Waals surface area contributed by atoms with Gasteiger partial charge in [0.05, 0.1) is 10.9 Å². The molecule has 2 heterocycles. The van der Waals surface area contributed by atoms with E-state index in [1.165, 1.54) is 48.9 Å². The summed E-state index contributed by atoms with van der Waals surface area (Å²) in [5, 5.41) is 4.00. The summed E-state index contributed by atoms with van der Waals surface area (Å²) >= 11 is 6.23. The van der Waals surface area contributed by atoms with Gasteiger partial charge in [-0.2, -0.15) is 0 Å². The summed E-state index contributed by atoms with van der Waals surface area (Å²) in [5.41, 5.74) is 2.36. The first kappa shape index (κ1) is 24.0. The average molecular weight is 493 g/mol. The molecule has 1 aromatic heterocycles. The second-order valence-electron chi connectivity index (χ2n) is 10.3. The first-order chi connectivity index (χ1) is 16.9. The highest BCUT2D eigenvalue weighted by molar-refractivity contribution is 6.30. The number of hydrogen-bond donors (Lipinski definition) is 1. The lowest BCUT2D eigenvalue weighted by molar-refractivity contribution is -0.122. The Labute approximate surface area is 211 Å². The SMILES string of the molecule is CC(C)NC(=O)Cn1c(-c2cccc(Cl)c2)nc2ccc(C3CC3CN3CCCCC3)cc2c1=O. The molecule has 1 aliphatic carbocycles. The molecule has 3 aromatic rings. The molecule has 2 aliphatic rings. The van der Waals surface area contributed by atoms with Crippen LogP contribution in [-0.2, 0) is 11.3 Å². The lowest BCUT2D eigenvalue weighted by Crippen LogP contribution is -2.37. The molecule has 2 atom stereocenters. The molecule has 2 aromatic carbocycles. The Bertz CT molecular complexity index is 1300. The van der Waals surface area contributed by atoms with Crippen LogP contribution in [-0.4, -0.2) is 46.0 Å². The van der Waals surface area contributed by atoms with E-state index in [9.17, 15) is 9.59 Å². The Morgan fingerprint density at radius 3 is 2.69 bits per heavy atom. The Morgan fingerprint density at radius 2 is 1.94 bits per heavy atom. The second-order valence-corrected chi connectivity index (χ2v) is 10.7. The van der Waals surface area contributed by atoms with Gasteiger partial charge in [-0.1, -0.05) is 36.2 Å². The fourth-order valence-electron chi connectivity index (χ4n) is 5.31. The highest BCUT2D eigenvalue weighted by Gasteiger charge is 2.39. The van der Waals surface area contributed by atoms with Gasteiger partial charge in [0.25, 0.3) is 5.56 Å². The van der Waals surface area contributed by atoms with Crippen molar-refractivity contribution >= 4 is 28.4 Å². The van der Waals surface area contributed by atoms with E-state index in [1.54, 1.807) is 12.1 Å². The van der Waals surface area contributed by atoms with Crippen molar-refractivity contribution in [2.75, 3.05) is 19.6 Å².